The summed E-state index contributed by atoms with van der Waals surface area (Å²) in [6.07, 6.45) is 1.94. The molecule has 2 aliphatic rings. The maximum atomic E-state index is 12.8. The first kappa shape index (κ1) is 20.7. The van der Waals surface area contributed by atoms with E-state index in [9.17, 15) is 4.79 Å². The third kappa shape index (κ3) is 4.16. The molecule has 2 saturated heterocycles. The van der Waals surface area contributed by atoms with Crippen LogP contribution in [0.3, 0.4) is 0 Å². The Labute approximate surface area is 183 Å². The Morgan fingerprint density at radius 3 is 2.50 bits per heavy atom. The molecular formula is C23H28ClN5O. The first-order chi connectivity index (χ1) is 14.3. The largest absolute Gasteiger partial charge is 0.368 e. The standard InChI is InChI=1S/C23H27N5O.ClH/c29-23(17-8-10-24-11-9-17)28-14-12-27(13-15-28)19-5-3-4-18(16-19)22-25-20-6-1-2-7-21(20)26-22;/h1-7,16-17,24H,8-15H2,(H,25,26);1H. The average molecular weight is 426 g/mol. The summed E-state index contributed by atoms with van der Waals surface area (Å²) in [5, 5.41) is 3.34. The summed E-state index contributed by atoms with van der Waals surface area (Å²) in [7, 11) is 0. The third-order valence-corrected chi connectivity index (χ3v) is 6.15. The summed E-state index contributed by atoms with van der Waals surface area (Å²) in [5.41, 5.74) is 4.32. The second kappa shape index (κ2) is 9.06. The lowest BCUT2D eigenvalue weighted by Gasteiger charge is -2.38. The van der Waals surface area contributed by atoms with E-state index in [4.69, 9.17) is 4.98 Å². The number of aromatic nitrogens is 2. The van der Waals surface area contributed by atoms with Crippen molar-refractivity contribution in [1.29, 1.82) is 0 Å². The molecule has 6 nitrogen and oxygen atoms in total. The molecule has 0 bridgehead atoms. The maximum Gasteiger partial charge on any atom is 0.225 e. The highest BCUT2D eigenvalue weighted by molar-refractivity contribution is 5.85. The van der Waals surface area contributed by atoms with E-state index in [1.165, 1.54) is 5.69 Å². The van der Waals surface area contributed by atoms with Gasteiger partial charge in [-0.15, -0.1) is 12.4 Å². The molecular weight excluding hydrogens is 398 g/mol. The monoisotopic (exact) mass is 425 g/mol. The second-order valence-corrected chi connectivity index (χ2v) is 7.99. The predicted octanol–water partition coefficient (Wildman–Crippen LogP) is 3.30. The zero-order chi connectivity index (χ0) is 19.6. The minimum atomic E-state index is 0. The van der Waals surface area contributed by atoms with E-state index in [2.05, 4.69) is 44.4 Å². The van der Waals surface area contributed by atoms with Crippen LogP contribution in [0.15, 0.2) is 48.5 Å². The molecule has 30 heavy (non-hydrogen) atoms. The fourth-order valence-corrected chi connectivity index (χ4v) is 4.45. The molecule has 0 atom stereocenters. The number of piperazine rings is 1. The van der Waals surface area contributed by atoms with Gasteiger partial charge in [0.2, 0.25) is 5.91 Å². The van der Waals surface area contributed by atoms with Crippen LogP contribution >= 0.6 is 12.4 Å². The number of piperidine rings is 1. The SMILES string of the molecule is Cl.O=C(C1CCNCC1)N1CCN(c2cccc(-c3nc4ccccc4[nH]3)c2)CC1. The fourth-order valence-electron chi connectivity index (χ4n) is 4.45. The van der Waals surface area contributed by atoms with Gasteiger partial charge in [0.05, 0.1) is 11.0 Å². The van der Waals surface area contributed by atoms with Gasteiger partial charge in [0.25, 0.3) is 0 Å². The van der Waals surface area contributed by atoms with Gasteiger partial charge in [-0.25, -0.2) is 4.98 Å². The lowest BCUT2D eigenvalue weighted by atomic mass is 9.96. The van der Waals surface area contributed by atoms with Gasteiger partial charge in [-0.3, -0.25) is 4.79 Å². The van der Waals surface area contributed by atoms with Crippen molar-refractivity contribution in [3.63, 3.8) is 0 Å². The second-order valence-electron chi connectivity index (χ2n) is 7.99. The number of nitrogens with one attached hydrogen (secondary N) is 2. The topological polar surface area (TPSA) is 64.3 Å². The van der Waals surface area contributed by atoms with Crippen molar-refractivity contribution < 1.29 is 4.79 Å². The van der Waals surface area contributed by atoms with E-state index in [-0.39, 0.29) is 18.3 Å². The molecule has 5 rings (SSSR count). The fraction of sp³-hybridized carbons (Fsp3) is 0.391. The molecule has 2 aromatic carbocycles. The molecule has 0 radical (unpaired) electrons. The number of fused-ring (bicyclic) bond motifs is 1. The predicted molar refractivity (Wildman–Crippen MR) is 123 cm³/mol. The van der Waals surface area contributed by atoms with Crippen molar-refractivity contribution in [3.05, 3.63) is 48.5 Å². The number of aromatic amines is 1. The molecule has 158 valence electrons. The summed E-state index contributed by atoms with van der Waals surface area (Å²) in [6, 6.07) is 16.6. The van der Waals surface area contributed by atoms with Gasteiger partial charge < -0.3 is 20.1 Å². The minimum Gasteiger partial charge on any atom is -0.368 e. The van der Waals surface area contributed by atoms with Crippen molar-refractivity contribution in [3.8, 4) is 11.4 Å². The number of anilines is 1. The zero-order valence-corrected chi connectivity index (χ0v) is 17.8. The third-order valence-electron chi connectivity index (χ3n) is 6.15. The molecule has 0 spiro atoms. The van der Waals surface area contributed by atoms with Gasteiger partial charge in [-0.2, -0.15) is 0 Å². The molecule has 0 aliphatic carbocycles. The van der Waals surface area contributed by atoms with E-state index >= 15 is 0 Å². The number of nitrogens with zero attached hydrogens (tertiary/aromatic N) is 3. The highest BCUT2D eigenvalue weighted by Gasteiger charge is 2.28. The minimum absolute atomic E-state index is 0. The number of amides is 1. The first-order valence-electron chi connectivity index (χ1n) is 10.6. The van der Waals surface area contributed by atoms with Crippen LogP contribution in [0.4, 0.5) is 5.69 Å². The number of hydrogen-bond donors (Lipinski definition) is 2. The van der Waals surface area contributed by atoms with Gasteiger partial charge in [-0.05, 0) is 50.2 Å². The van der Waals surface area contributed by atoms with Gasteiger partial charge in [0.1, 0.15) is 5.82 Å². The molecule has 1 amide bonds. The number of carbonyl (C=O) groups is 1. The lowest BCUT2D eigenvalue weighted by molar-refractivity contribution is -0.136. The lowest BCUT2D eigenvalue weighted by Crippen LogP contribution is -2.51. The van der Waals surface area contributed by atoms with Crippen LogP contribution in [0.1, 0.15) is 12.8 Å². The maximum absolute atomic E-state index is 12.8. The van der Waals surface area contributed by atoms with Crippen LogP contribution in [0.2, 0.25) is 0 Å². The van der Waals surface area contributed by atoms with Gasteiger partial charge in [0, 0.05) is 43.3 Å². The van der Waals surface area contributed by atoms with Crippen LogP contribution in [-0.4, -0.2) is 60.0 Å². The van der Waals surface area contributed by atoms with Crippen LogP contribution in [0, 0.1) is 5.92 Å². The molecule has 0 saturated carbocycles. The zero-order valence-electron chi connectivity index (χ0n) is 17.0. The first-order valence-corrected chi connectivity index (χ1v) is 10.6. The highest BCUT2D eigenvalue weighted by Crippen LogP contribution is 2.26. The molecule has 3 aromatic rings. The summed E-state index contributed by atoms with van der Waals surface area (Å²) >= 11 is 0. The summed E-state index contributed by atoms with van der Waals surface area (Å²) in [5.74, 6) is 1.45. The number of rotatable bonds is 3. The Morgan fingerprint density at radius 1 is 0.967 bits per heavy atom. The van der Waals surface area contributed by atoms with Crippen molar-refractivity contribution in [2.45, 2.75) is 12.8 Å². The number of para-hydroxylation sites is 2. The number of carbonyl (C=O) groups excluding carboxylic acids is 1. The molecule has 0 unspecified atom stereocenters. The Kier molecular flexibility index (Phi) is 6.25. The molecule has 1 aromatic heterocycles. The van der Waals surface area contributed by atoms with Crippen molar-refractivity contribution in [1.82, 2.24) is 20.2 Å². The number of H-pyrrole nitrogens is 1. The van der Waals surface area contributed by atoms with E-state index < -0.39 is 0 Å². The Hall–Kier alpha value is -2.57. The van der Waals surface area contributed by atoms with E-state index in [0.29, 0.717) is 5.91 Å². The normalized spacial score (nSPS) is 17.7. The molecule has 3 heterocycles. The van der Waals surface area contributed by atoms with E-state index in [1.807, 2.05) is 24.3 Å². The van der Waals surface area contributed by atoms with Crippen LogP contribution in [0.25, 0.3) is 22.4 Å². The Morgan fingerprint density at radius 2 is 1.73 bits per heavy atom. The Bertz CT molecular complexity index is 973. The molecule has 2 fully saturated rings. The van der Waals surface area contributed by atoms with Crippen molar-refractivity contribution in [2.75, 3.05) is 44.2 Å². The Balaban J connectivity index is 0.00000218. The van der Waals surface area contributed by atoms with E-state index in [0.717, 1.165) is 74.5 Å². The summed E-state index contributed by atoms with van der Waals surface area (Å²) < 4.78 is 0. The number of imidazole rings is 1. The molecule has 2 aliphatic heterocycles. The molecule has 2 N–H and O–H groups in total. The van der Waals surface area contributed by atoms with Crippen molar-refractivity contribution in [2.24, 2.45) is 5.92 Å². The average Bonchev–Trinajstić information content (AvgIpc) is 3.24. The van der Waals surface area contributed by atoms with Gasteiger partial charge >= 0.3 is 0 Å². The van der Waals surface area contributed by atoms with Crippen LogP contribution < -0.4 is 10.2 Å². The van der Waals surface area contributed by atoms with Gasteiger partial charge in [-0.1, -0.05) is 24.3 Å². The van der Waals surface area contributed by atoms with E-state index in [1.54, 1.807) is 0 Å². The molecule has 7 heteroatoms. The van der Waals surface area contributed by atoms with Crippen LogP contribution in [-0.2, 0) is 4.79 Å². The number of benzene rings is 2. The summed E-state index contributed by atoms with van der Waals surface area (Å²) in [4.78, 5) is 25.4. The number of halogens is 1. The van der Waals surface area contributed by atoms with Gasteiger partial charge in [0.15, 0.2) is 0 Å². The quantitative estimate of drug-likeness (QED) is 0.675. The smallest absolute Gasteiger partial charge is 0.225 e. The number of hydrogen-bond acceptors (Lipinski definition) is 4. The van der Waals surface area contributed by atoms with Crippen molar-refractivity contribution >= 4 is 35.0 Å². The van der Waals surface area contributed by atoms with Crippen LogP contribution in [0.5, 0.6) is 0 Å². The summed E-state index contributed by atoms with van der Waals surface area (Å²) in [6.45, 7) is 5.28. The highest BCUT2D eigenvalue weighted by atomic mass is 35.5.